The first kappa shape index (κ1) is 14.8. The Morgan fingerprint density at radius 1 is 1.26 bits per heavy atom. The van der Waals surface area contributed by atoms with Gasteiger partial charge in [0.1, 0.15) is 5.75 Å². The summed E-state index contributed by atoms with van der Waals surface area (Å²) in [6, 6.07) is 7.78. The second-order valence-corrected chi connectivity index (χ2v) is 5.13. The van der Waals surface area contributed by atoms with Gasteiger partial charge in [-0.25, -0.2) is 0 Å². The molecule has 1 amide bonds. The van der Waals surface area contributed by atoms with Gasteiger partial charge in [-0.05, 0) is 17.7 Å². The van der Waals surface area contributed by atoms with Crippen LogP contribution in [0.1, 0.15) is 15.9 Å². The lowest BCUT2D eigenvalue weighted by Gasteiger charge is -2.04. The third-order valence-electron chi connectivity index (χ3n) is 3.34. The molecule has 0 aliphatic carbocycles. The van der Waals surface area contributed by atoms with E-state index < -0.39 is 0 Å². The van der Waals surface area contributed by atoms with Crippen molar-refractivity contribution in [1.29, 1.82) is 0 Å². The minimum atomic E-state index is -0.209. The van der Waals surface area contributed by atoms with Crippen molar-refractivity contribution in [3.63, 3.8) is 0 Å². The fraction of sp³-hybridized carbons (Fsp3) is 0.188. The van der Waals surface area contributed by atoms with Gasteiger partial charge < -0.3 is 10.1 Å². The molecule has 23 heavy (non-hydrogen) atoms. The minimum Gasteiger partial charge on any atom is -0.497 e. The molecule has 1 N–H and O–H groups in total. The van der Waals surface area contributed by atoms with Crippen molar-refractivity contribution in [2.75, 3.05) is 12.4 Å². The molecule has 0 saturated heterocycles. The monoisotopic (exact) mass is 311 g/mol. The number of hydrogen-bond donors (Lipinski definition) is 1. The molecule has 2 aromatic heterocycles. The van der Waals surface area contributed by atoms with Crippen LogP contribution in [0, 0.1) is 0 Å². The lowest BCUT2D eigenvalue weighted by atomic mass is 10.2. The average Bonchev–Trinajstić information content (AvgIpc) is 3.16. The maximum absolute atomic E-state index is 12.1. The third-order valence-corrected chi connectivity index (χ3v) is 3.34. The Bertz CT molecular complexity index is 821. The number of anilines is 1. The molecule has 0 spiro atoms. The van der Waals surface area contributed by atoms with E-state index in [4.69, 9.17) is 4.74 Å². The molecule has 1 aromatic carbocycles. The lowest BCUT2D eigenvalue weighted by Crippen LogP contribution is -2.10. The third kappa shape index (κ3) is 3.57. The van der Waals surface area contributed by atoms with Crippen LogP contribution in [-0.4, -0.2) is 32.6 Å². The molecule has 0 fully saturated rings. The number of amides is 1. The predicted molar refractivity (Wildman–Crippen MR) is 85.5 cm³/mol. The van der Waals surface area contributed by atoms with E-state index in [1.807, 2.05) is 24.3 Å². The number of aromatic nitrogens is 4. The molecule has 3 rings (SSSR count). The molecule has 0 saturated carbocycles. The van der Waals surface area contributed by atoms with E-state index in [0.29, 0.717) is 17.8 Å². The molecule has 0 aliphatic heterocycles. The van der Waals surface area contributed by atoms with Crippen LogP contribution in [0.2, 0.25) is 0 Å². The van der Waals surface area contributed by atoms with Crippen LogP contribution >= 0.6 is 0 Å². The minimum absolute atomic E-state index is 0.209. The van der Waals surface area contributed by atoms with E-state index in [9.17, 15) is 4.79 Å². The van der Waals surface area contributed by atoms with Crippen LogP contribution < -0.4 is 10.1 Å². The van der Waals surface area contributed by atoms with Gasteiger partial charge in [-0.1, -0.05) is 12.1 Å². The first-order chi connectivity index (χ1) is 11.1. The van der Waals surface area contributed by atoms with Crippen molar-refractivity contribution in [3.05, 3.63) is 60.2 Å². The fourth-order valence-corrected chi connectivity index (χ4v) is 2.21. The quantitative estimate of drug-likeness (QED) is 0.781. The van der Waals surface area contributed by atoms with Crippen molar-refractivity contribution >= 4 is 11.6 Å². The van der Waals surface area contributed by atoms with Gasteiger partial charge in [-0.15, -0.1) is 0 Å². The van der Waals surface area contributed by atoms with Gasteiger partial charge in [0, 0.05) is 19.4 Å². The van der Waals surface area contributed by atoms with Crippen molar-refractivity contribution in [2.24, 2.45) is 7.05 Å². The Morgan fingerprint density at radius 3 is 2.87 bits per heavy atom. The summed E-state index contributed by atoms with van der Waals surface area (Å²) in [7, 11) is 3.40. The fourth-order valence-electron chi connectivity index (χ4n) is 2.21. The zero-order chi connectivity index (χ0) is 16.2. The number of carbonyl (C=O) groups is 1. The van der Waals surface area contributed by atoms with E-state index in [-0.39, 0.29) is 5.91 Å². The number of carbonyl (C=O) groups excluding carboxylic acids is 1. The van der Waals surface area contributed by atoms with Gasteiger partial charge in [0.05, 0.1) is 37.3 Å². The van der Waals surface area contributed by atoms with Gasteiger partial charge in [0.15, 0.2) is 0 Å². The summed E-state index contributed by atoms with van der Waals surface area (Å²) in [6.45, 7) is 0.597. The molecular weight excluding hydrogens is 294 g/mol. The molecule has 0 atom stereocenters. The number of hydrogen-bond acceptors (Lipinski definition) is 4. The van der Waals surface area contributed by atoms with E-state index in [0.717, 1.165) is 11.3 Å². The standard InChI is InChI=1S/C16H17N5O2/c1-20-10-13(7-17-20)16(22)19-14-8-18-21(11-14)9-12-4-3-5-15(6-12)23-2/h3-8,10-11H,9H2,1-2H3,(H,19,22). The summed E-state index contributed by atoms with van der Waals surface area (Å²) in [6.07, 6.45) is 6.59. The largest absolute Gasteiger partial charge is 0.497 e. The molecule has 7 nitrogen and oxygen atoms in total. The van der Waals surface area contributed by atoms with Crippen LogP contribution in [0.3, 0.4) is 0 Å². The molecule has 0 radical (unpaired) electrons. The van der Waals surface area contributed by atoms with Crippen LogP contribution in [0.25, 0.3) is 0 Å². The predicted octanol–water partition coefficient (Wildman–Crippen LogP) is 1.93. The Balaban J connectivity index is 1.67. The average molecular weight is 311 g/mol. The normalized spacial score (nSPS) is 10.5. The van der Waals surface area contributed by atoms with Crippen molar-refractivity contribution in [1.82, 2.24) is 19.6 Å². The second-order valence-electron chi connectivity index (χ2n) is 5.13. The number of aryl methyl sites for hydroxylation is 1. The second kappa shape index (κ2) is 6.35. The highest BCUT2D eigenvalue weighted by atomic mass is 16.5. The zero-order valence-electron chi connectivity index (χ0n) is 12.9. The van der Waals surface area contributed by atoms with Crippen molar-refractivity contribution < 1.29 is 9.53 Å². The van der Waals surface area contributed by atoms with Crippen molar-refractivity contribution in [3.8, 4) is 5.75 Å². The van der Waals surface area contributed by atoms with E-state index >= 15 is 0 Å². The number of benzene rings is 1. The topological polar surface area (TPSA) is 74.0 Å². The maximum Gasteiger partial charge on any atom is 0.258 e. The zero-order valence-corrected chi connectivity index (χ0v) is 12.9. The number of rotatable bonds is 5. The smallest absolute Gasteiger partial charge is 0.258 e. The molecule has 7 heteroatoms. The molecular formula is C16H17N5O2. The highest BCUT2D eigenvalue weighted by Crippen LogP contribution is 2.14. The Hall–Kier alpha value is -3.09. The Labute approximate surface area is 133 Å². The highest BCUT2D eigenvalue weighted by Gasteiger charge is 2.09. The first-order valence-corrected chi connectivity index (χ1v) is 7.09. The summed E-state index contributed by atoms with van der Waals surface area (Å²) >= 11 is 0. The summed E-state index contributed by atoms with van der Waals surface area (Å²) < 4.78 is 8.55. The molecule has 0 bridgehead atoms. The first-order valence-electron chi connectivity index (χ1n) is 7.09. The number of nitrogens with zero attached hydrogens (tertiary/aromatic N) is 4. The van der Waals surface area contributed by atoms with Gasteiger partial charge in [0.2, 0.25) is 0 Å². The Kier molecular flexibility index (Phi) is 4.09. The van der Waals surface area contributed by atoms with Gasteiger partial charge in [0.25, 0.3) is 5.91 Å². The van der Waals surface area contributed by atoms with Gasteiger partial charge >= 0.3 is 0 Å². The number of ether oxygens (including phenoxy) is 1. The van der Waals surface area contributed by atoms with Crippen molar-refractivity contribution in [2.45, 2.75) is 6.54 Å². The maximum atomic E-state index is 12.1. The van der Waals surface area contributed by atoms with Gasteiger partial charge in [-0.3, -0.25) is 14.2 Å². The molecule has 0 aliphatic rings. The molecule has 3 aromatic rings. The number of nitrogens with one attached hydrogen (secondary N) is 1. The summed E-state index contributed by atoms with van der Waals surface area (Å²) in [5.41, 5.74) is 2.22. The lowest BCUT2D eigenvalue weighted by molar-refractivity contribution is 0.102. The van der Waals surface area contributed by atoms with Crippen LogP contribution in [0.4, 0.5) is 5.69 Å². The number of methoxy groups -OCH3 is 1. The van der Waals surface area contributed by atoms with Crippen LogP contribution in [0.15, 0.2) is 49.1 Å². The molecule has 2 heterocycles. The van der Waals surface area contributed by atoms with Crippen LogP contribution in [0.5, 0.6) is 5.75 Å². The Morgan fingerprint density at radius 2 is 2.13 bits per heavy atom. The summed E-state index contributed by atoms with van der Waals surface area (Å²) in [4.78, 5) is 12.1. The van der Waals surface area contributed by atoms with E-state index in [1.54, 1.807) is 42.1 Å². The summed E-state index contributed by atoms with van der Waals surface area (Å²) in [5.74, 6) is 0.596. The van der Waals surface area contributed by atoms with Crippen LogP contribution in [-0.2, 0) is 13.6 Å². The summed E-state index contributed by atoms with van der Waals surface area (Å²) in [5, 5.41) is 11.0. The SMILES string of the molecule is COc1cccc(Cn2cc(NC(=O)c3cnn(C)c3)cn2)c1. The molecule has 118 valence electrons. The highest BCUT2D eigenvalue weighted by molar-refractivity contribution is 6.03. The molecule has 0 unspecified atom stereocenters. The van der Waals surface area contributed by atoms with Gasteiger partial charge in [-0.2, -0.15) is 10.2 Å². The van der Waals surface area contributed by atoms with E-state index in [1.165, 1.54) is 6.20 Å². The van der Waals surface area contributed by atoms with E-state index in [2.05, 4.69) is 15.5 Å².